The number of halogens is 3. The molecule has 16 heavy (non-hydrogen) atoms. The number of rotatable bonds is 1. The molecule has 0 spiro atoms. The lowest BCUT2D eigenvalue weighted by molar-refractivity contribution is -0.152. The molecule has 4 heteroatoms. The maximum atomic E-state index is 12.0. The lowest BCUT2D eigenvalue weighted by atomic mass is 10.0. The van der Waals surface area contributed by atoms with Gasteiger partial charge in [-0.2, -0.15) is 13.2 Å². The van der Waals surface area contributed by atoms with Gasteiger partial charge in [0.1, 0.15) is 0 Å². The predicted molar refractivity (Wildman–Crippen MR) is 63.6 cm³/mol. The molecule has 1 rings (SSSR count). The number of nitrogens with zero attached hydrogens (tertiary/aromatic N) is 1. The highest BCUT2D eigenvalue weighted by atomic mass is 19.4. The van der Waals surface area contributed by atoms with Gasteiger partial charge in [0.05, 0.1) is 6.54 Å². The third kappa shape index (κ3) is 9.01. The van der Waals surface area contributed by atoms with Crippen molar-refractivity contribution in [3.05, 3.63) is 0 Å². The van der Waals surface area contributed by atoms with E-state index in [9.17, 15) is 13.2 Å². The van der Waals surface area contributed by atoms with E-state index in [1.807, 2.05) is 34.6 Å². The zero-order valence-electron chi connectivity index (χ0n) is 11.2. The molecule has 1 atom stereocenters. The van der Waals surface area contributed by atoms with E-state index in [0.717, 1.165) is 19.3 Å². The molecule has 0 aromatic heterocycles. The topological polar surface area (TPSA) is 3.24 Å². The molecular weight excluding hydrogens is 215 g/mol. The number of likely N-dealkylation sites (tertiary alicyclic amines) is 1. The molecule has 1 nitrogen and oxygen atoms in total. The second-order valence-electron chi connectivity index (χ2n) is 3.43. The normalized spacial score (nSPS) is 21.4. The Morgan fingerprint density at radius 1 is 1.06 bits per heavy atom. The fourth-order valence-corrected chi connectivity index (χ4v) is 1.62. The first kappa shape index (κ1) is 18.1. The largest absolute Gasteiger partial charge is 0.401 e. The average molecular weight is 241 g/mol. The summed E-state index contributed by atoms with van der Waals surface area (Å²) in [6.07, 6.45) is -1.17. The molecule has 0 aliphatic carbocycles. The van der Waals surface area contributed by atoms with E-state index < -0.39 is 12.7 Å². The Morgan fingerprint density at radius 2 is 1.56 bits per heavy atom. The monoisotopic (exact) mass is 241 g/mol. The number of alkyl halides is 3. The summed E-state index contributed by atoms with van der Waals surface area (Å²) in [6, 6.07) is 0.0976. The van der Waals surface area contributed by atoms with Crippen LogP contribution in [0.1, 0.15) is 53.9 Å². The molecule has 1 fully saturated rings. The SMILES string of the molecule is CC.CC.CC1CCCCN1CC(F)(F)F. The first-order chi connectivity index (χ1) is 7.49. The van der Waals surface area contributed by atoms with Crippen molar-refractivity contribution in [2.75, 3.05) is 13.1 Å². The summed E-state index contributed by atoms with van der Waals surface area (Å²) in [5.41, 5.74) is 0. The minimum absolute atomic E-state index is 0.0976. The van der Waals surface area contributed by atoms with Crippen molar-refractivity contribution < 1.29 is 13.2 Å². The van der Waals surface area contributed by atoms with Gasteiger partial charge >= 0.3 is 6.18 Å². The van der Waals surface area contributed by atoms with Crippen molar-refractivity contribution in [3.8, 4) is 0 Å². The Morgan fingerprint density at radius 3 is 1.94 bits per heavy atom. The van der Waals surface area contributed by atoms with E-state index in [1.54, 1.807) is 0 Å². The zero-order valence-corrected chi connectivity index (χ0v) is 11.2. The smallest absolute Gasteiger partial charge is 0.292 e. The van der Waals surface area contributed by atoms with Crippen LogP contribution >= 0.6 is 0 Å². The summed E-state index contributed by atoms with van der Waals surface area (Å²) in [6.45, 7) is 9.72. The van der Waals surface area contributed by atoms with Crippen LogP contribution in [-0.2, 0) is 0 Å². The lowest BCUT2D eigenvalue weighted by Crippen LogP contribution is -2.43. The fourth-order valence-electron chi connectivity index (χ4n) is 1.62. The van der Waals surface area contributed by atoms with Gasteiger partial charge in [-0.05, 0) is 26.3 Å². The highest BCUT2D eigenvalue weighted by Gasteiger charge is 2.33. The molecule has 1 aliphatic heterocycles. The minimum atomic E-state index is -4.04. The van der Waals surface area contributed by atoms with Crippen LogP contribution in [-0.4, -0.2) is 30.2 Å². The average Bonchev–Trinajstić information content (AvgIpc) is 2.26. The van der Waals surface area contributed by atoms with Gasteiger partial charge in [0.2, 0.25) is 0 Å². The molecule has 0 bridgehead atoms. The Balaban J connectivity index is 0. The van der Waals surface area contributed by atoms with Crippen LogP contribution in [0.15, 0.2) is 0 Å². The van der Waals surface area contributed by atoms with Gasteiger partial charge in [-0.1, -0.05) is 34.1 Å². The molecule has 100 valence electrons. The number of piperidine rings is 1. The van der Waals surface area contributed by atoms with Crippen LogP contribution < -0.4 is 0 Å². The van der Waals surface area contributed by atoms with Crippen molar-refractivity contribution in [1.82, 2.24) is 4.90 Å². The van der Waals surface area contributed by atoms with E-state index >= 15 is 0 Å². The van der Waals surface area contributed by atoms with Gasteiger partial charge < -0.3 is 0 Å². The third-order valence-electron chi connectivity index (χ3n) is 2.32. The molecule has 0 saturated carbocycles. The minimum Gasteiger partial charge on any atom is -0.292 e. The van der Waals surface area contributed by atoms with E-state index in [2.05, 4.69) is 0 Å². The summed E-state index contributed by atoms with van der Waals surface area (Å²) < 4.78 is 35.9. The van der Waals surface area contributed by atoms with Gasteiger partial charge in [-0.3, -0.25) is 4.90 Å². The first-order valence-corrected chi connectivity index (χ1v) is 6.30. The molecule has 0 amide bonds. The van der Waals surface area contributed by atoms with Crippen LogP contribution in [0, 0.1) is 0 Å². The Bertz CT molecular complexity index is 146. The quantitative estimate of drug-likeness (QED) is 0.654. The van der Waals surface area contributed by atoms with Crippen molar-refractivity contribution in [2.24, 2.45) is 0 Å². The van der Waals surface area contributed by atoms with Gasteiger partial charge in [0.25, 0.3) is 0 Å². The van der Waals surface area contributed by atoms with E-state index in [1.165, 1.54) is 4.90 Å². The van der Waals surface area contributed by atoms with Gasteiger partial charge in [0.15, 0.2) is 0 Å². The van der Waals surface area contributed by atoms with Crippen LogP contribution in [0.25, 0.3) is 0 Å². The maximum absolute atomic E-state index is 12.0. The molecule has 0 N–H and O–H groups in total. The lowest BCUT2D eigenvalue weighted by Gasteiger charge is -2.33. The zero-order chi connectivity index (χ0) is 13.2. The molecule has 0 radical (unpaired) electrons. The van der Waals surface area contributed by atoms with Gasteiger partial charge in [-0.15, -0.1) is 0 Å². The van der Waals surface area contributed by atoms with Crippen molar-refractivity contribution >= 4 is 0 Å². The van der Waals surface area contributed by atoms with Gasteiger partial charge in [-0.25, -0.2) is 0 Å². The Hall–Kier alpha value is -0.250. The highest BCUT2D eigenvalue weighted by Crippen LogP contribution is 2.22. The maximum Gasteiger partial charge on any atom is 0.401 e. The van der Waals surface area contributed by atoms with E-state index in [-0.39, 0.29) is 6.04 Å². The summed E-state index contributed by atoms with van der Waals surface area (Å²) in [4.78, 5) is 1.52. The highest BCUT2D eigenvalue weighted by molar-refractivity contribution is 4.74. The fraction of sp³-hybridized carbons (Fsp3) is 1.00. The van der Waals surface area contributed by atoms with E-state index in [4.69, 9.17) is 0 Å². The first-order valence-electron chi connectivity index (χ1n) is 6.30. The molecule has 0 aromatic carbocycles. The van der Waals surface area contributed by atoms with Crippen molar-refractivity contribution in [2.45, 2.75) is 66.1 Å². The second kappa shape index (κ2) is 9.94. The number of hydrogen-bond donors (Lipinski definition) is 0. The second-order valence-corrected chi connectivity index (χ2v) is 3.43. The summed E-state index contributed by atoms with van der Waals surface area (Å²) in [7, 11) is 0. The molecule has 1 saturated heterocycles. The van der Waals surface area contributed by atoms with E-state index in [0.29, 0.717) is 6.54 Å². The Labute approximate surface area is 98.0 Å². The standard InChI is InChI=1S/C8H14F3N.2C2H6/c1-7-4-2-3-5-12(7)6-8(9,10)11;2*1-2/h7H,2-6H2,1H3;2*1-2H3. The number of hydrogen-bond acceptors (Lipinski definition) is 1. The van der Waals surface area contributed by atoms with Crippen LogP contribution in [0.3, 0.4) is 0 Å². The summed E-state index contributed by atoms with van der Waals surface area (Å²) in [5.74, 6) is 0. The van der Waals surface area contributed by atoms with Crippen molar-refractivity contribution in [3.63, 3.8) is 0 Å². The van der Waals surface area contributed by atoms with Crippen LogP contribution in [0.4, 0.5) is 13.2 Å². The molecule has 0 aromatic rings. The molecular formula is C12H26F3N. The van der Waals surface area contributed by atoms with Crippen molar-refractivity contribution in [1.29, 1.82) is 0 Å². The summed E-state index contributed by atoms with van der Waals surface area (Å²) in [5, 5.41) is 0. The molecule has 1 heterocycles. The van der Waals surface area contributed by atoms with Gasteiger partial charge in [0, 0.05) is 6.04 Å². The molecule has 1 aliphatic rings. The van der Waals surface area contributed by atoms with Crippen LogP contribution in [0.2, 0.25) is 0 Å². The summed E-state index contributed by atoms with van der Waals surface area (Å²) >= 11 is 0. The third-order valence-corrected chi connectivity index (χ3v) is 2.32. The van der Waals surface area contributed by atoms with Crippen LogP contribution in [0.5, 0.6) is 0 Å². The predicted octanol–water partition coefficient (Wildman–Crippen LogP) is 4.48. The molecule has 1 unspecified atom stereocenters. The Kier molecular flexibility index (Phi) is 11.3.